The van der Waals surface area contributed by atoms with Crippen LogP contribution in [0.2, 0.25) is 0 Å². The molecule has 0 spiro atoms. The third kappa shape index (κ3) is 3.52. The third-order valence-electron chi connectivity index (χ3n) is 2.01. The number of alkyl halides is 3. The van der Waals surface area contributed by atoms with Gasteiger partial charge in [-0.25, -0.2) is 4.39 Å². The van der Waals surface area contributed by atoms with Crippen molar-refractivity contribution in [3.63, 3.8) is 0 Å². The molecule has 0 fully saturated rings. The lowest BCUT2D eigenvalue weighted by molar-refractivity contribution is -0.136. The highest BCUT2D eigenvalue weighted by atomic mass is 35.5. The first-order chi connectivity index (χ1) is 7.95. The number of benzene rings is 1. The Kier molecular flexibility index (Phi) is 4.62. The molecule has 1 N–H and O–H groups in total. The van der Waals surface area contributed by atoms with Crippen molar-refractivity contribution in [2.24, 2.45) is 0 Å². The van der Waals surface area contributed by atoms with Crippen molar-refractivity contribution in [3.8, 4) is 5.75 Å². The summed E-state index contributed by atoms with van der Waals surface area (Å²) in [5.74, 6) is -2.74. The lowest BCUT2D eigenvalue weighted by Gasteiger charge is -2.13. The van der Waals surface area contributed by atoms with E-state index >= 15 is 0 Å². The maximum Gasteiger partial charge on any atom is 0.387 e. The van der Waals surface area contributed by atoms with Gasteiger partial charge in [0.15, 0.2) is 0 Å². The fraction of sp³-hybridized carbons (Fsp3) is 0.300. The van der Waals surface area contributed by atoms with E-state index in [4.69, 9.17) is 16.7 Å². The zero-order valence-electron chi connectivity index (χ0n) is 8.42. The molecule has 0 unspecified atom stereocenters. The molecule has 0 bridgehead atoms. The fourth-order valence-electron chi connectivity index (χ4n) is 1.34. The van der Waals surface area contributed by atoms with E-state index in [-0.39, 0.29) is 22.8 Å². The minimum Gasteiger partial charge on any atom is -0.481 e. The SMILES string of the molecule is O=C(O)Cc1c(OC(F)F)ccc(F)c1CCl. The summed E-state index contributed by atoms with van der Waals surface area (Å²) in [5.41, 5.74) is -0.319. The molecule has 1 rings (SSSR count). The molecule has 0 radical (unpaired) electrons. The van der Waals surface area contributed by atoms with Gasteiger partial charge >= 0.3 is 12.6 Å². The fourth-order valence-corrected chi connectivity index (χ4v) is 1.63. The summed E-state index contributed by atoms with van der Waals surface area (Å²) >= 11 is 5.45. The molecule has 0 aliphatic carbocycles. The average Bonchev–Trinajstić information content (AvgIpc) is 2.21. The normalized spacial score (nSPS) is 10.6. The van der Waals surface area contributed by atoms with Crippen LogP contribution in [0, 0.1) is 5.82 Å². The Hall–Kier alpha value is -1.43. The van der Waals surface area contributed by atoms with Gasteiger partial charge < -0.3 is 9.84 Å². The van der Waals surface area contributed by atoms with Crippen LogP contribution in [0.3, 0.4) is 0 Å². The highest BCUT2D eigenvalue weighted by Crippen LogP contribution is 2.28. The summed E-state index contributed by atoms with van der Waals surface area (Å²) in [6, 6.07) is 1.86. The summed E-state index contributed by atoms with van der Waals surface area (Å²) < 4.78 is 41.6. The van der Waals surface area contributed by atoms with Gasteiger partial charge in [-0.2, -0.15) is 8.78 Å². The van der Waals surface area contributed by atoms with E-state index in [2.05, 4.69) is 4.74 Å². The average molecular weight is 269 g/mol. The summed E-state index contributed by atoms with van der Waals surface area (Å²) in [6.07, 6.45) is -0.637. The van der Waals surface area contributed by atoms with Crippen LogP contribution in [0.4, 0.5) is 13.2 Å². The minimum atomic E-state index is -3.11. The molecule has 7 heteroatoms. The monoisotopic (exact) mass is 268 g/mol. The summed E-state index contributed by atoms with van der Waals surface area (Å²) in [6.45, 7) is -3.11. The number of hydrogen-bond acceptors (Lipinski definition) is 2. The zero-order valence-corrected chi connectivity index (χ0v) is 9.18. The van der Waals surface area contributed by atoms with Crippen LogP contribution in [0.25, 0.3) is 0 Å². The number of hydrogen-bond donors (Lipinski definition) is 1. The van der Waals surface area contributed by atoms with Crippen molar-refractivity contribution >= 4 is 17.6 Å². The Balaban J connectivity index is 3.23. The lowest BCUT2D eigenvalue weighted by Crippen LogP contribution is -2.10. The summed E-state index contributed by atoms with van der Waals surface area (Å²) in [5, 5.41) is 8.63. The van der Waals surface area contributed by atoms with E-state index < -0.39 is 24.8 Å². The molecule has 94 valence electrons. The second-order valence-corrected chi connectivity index (χ2v) is 3.35. The van der Waals surface area contributed by atoms with Gasteiger partial charge in [-0.15, -0.1) is 11.6 Å². The van der Waals surface area contributed by atoms with Crippen LogP contribution in [-0.2, 0) is 17.1 Å². The topological polar surface area (TPSA) is 46.5 Å². The van der Waals surface area contributed by atoms with Gasteiger partial charge in [0.05, 0.1) is 12.3 Å². The Morgan fingerprint density at radius 2 is 2.06 bits per heavy atom. The molecule has 0 saturated heterocycles. The van der Waals surface area contributed by atoms with Gasteiger partial charge in [0.1, 0.15) is 11.6 Å². The highest BCUT2D eigenvalue weighted by Gasteiger charge is 2.18. The first-order valence-corrected chi connectivity index (χ1v) is 5.02. The molecular weight excluding hydrogens is 261 g/mol. The van der Waals surface area contributed by atoms with Crippen molar-refractivity contribution in [2.45, 2.75) is 18.9 Å². The van der Waals surface area contributed by atoms with E-state index in [9.17, 15) is 18.0 Å². The molecule has 1 aromatic carbocycles. The number of aliphatic carboxylic acids is 1. The molecule has 0 heterocycles. The summed E-state index contributed by atoms with van der Waals surface area (Å²) in [7, 11) is 0. The smallest absolute Gasteiger partial charge is 0.387 e. The molecule has 17 heavy (non-hydrogen) atoms. The van der Waals surface area contributed by atoms with E-state index in [0.29, 0.717) is 0 Å². The first-order valence-electron chi connectivity index (χ1n) is 4.48. The Morgan fingerprint density at radius 1 is 1.41 bits per heavy atom. The van der Waals surface area contributed by atoms with Gasteiger partial charge in [0.2, 0.25) is 0 Å². The number of rotatable bonds is 5. The molecule has 0 aliphatic heterocycles. The van der Waals surface area contributed by atoms with Crippen LogP contribution in [0.15, 0.2) is 12.1 Å². The Labute approximate surface area is 99.8 Å². The van der Waals surface area contributed by atoms with Crippen LogP contribution in [-0.4, -0.2) is 17.7 Å². The zero-order chi connectivity index (χ0) is 13.0. The highest BCUT2D eigenvalue weighted by molar-refractivity contribution is 6.17. The van der Waals surface area contributed by atoms with Crippen LogP contribution >= 0.6 is 11.6 Å². The van der Waals surface area contributed by atoms with Crippen molar-refractivity contribution in [1.82, 2.24) is 0 Å². The second kappa shape index (κ2) is 5.77. The molecule has 0 aromatic heterocycles. The van der Waals surface area contributed by atoms with Crippen molar-refractivity contribution in [3.05, 3.63) is 29.1 Å². The maximum atomic E-state index is 13.3. The first kappa shape index (κ1) is 13.6. The summed E-state index contributed by atoms with van der Waals surface area (Å²) in [4.78, 5) is 10.6. The predicted octanol–water partition coefficient (Wildman–Crippen LogP) is 2.79. The number of carboxylic acids is 1. The second-order valence-electron chi connectivity index (χ2n) is 3.09. The van der Waals surface area contributed by atoms with Crippen LogP contribution < -0.4 is 4.74 Å². The predicted molar refractivity (Wildman–Crippen MR) is 53.9 cm³/mol. The molecule has 3 nitrogen and oxygen atoms in total. The molecule has 1 aromatic rings. The third-order valence-corrected chi connectivity index (χ3v) is 2.28. The molecular formula is C10H8ClF3O3. The molecule has 0 saturated carbocycles. The lowest BCUT2D eigenvalue weighted by atomic mass is 10.0. The van der Waals surface area contributed by atoms with Gasteiger partial charge in [0, 0.05) is 11.1 Å². The number of halogens is 4. The molecule has 0 aliphatic rings. The van der Waals surface area contributed by atoms with E-state index in [1.807, 2.05) is 0 Å². The number of ether oxygens (including phenoxy) is 1. The van der Waals surface area contributed by atoms with Crippen molar-refractivity contribution < 1.29 is 27.8 Å². The largest absolute Gasteiger partial charge is 0.481 e. The number of carboxylic acid groups (broad SMARTS) is 1. The van der Waals surface area contributed by atoms with E-state index in [1.54, 1.807) is 0 Å². The van der Waals surface area contributed by atoms with Gasteiger partial charge in [-0.05, 0) is 12.1 Å². The van der Waals surface area contributed by atoms with Gasteiger partial charge in [0.25, 0.3) is 0 Å². The van der Waals surface area contributed by atoms with Gasteiger partial charge in [-0.3, -0.25) is 4.79 Å². The van der Waals surface area contributed by atoms with Crippen molar-refractivity contribution in [1.29, 1.82) is 0 Å². The van der Waals surface area contributed by atoms with Crippen LogP contribution in [0.5, 0.6) is 5.75 Å². The Morgan fingerprint density at radius 3 is 2.53 bits per heavy atom. The quantitative estimate of drug-likeness (QED) is 0.835. The van der Waals surface area contributed by atoms with Gasteiger partial charge in [-0.1, -0.05) is 0 Å². The standard InChI is InChI=1S/C10H8ClF3O3/c11-4-6-5(3-9(15)16)8(17-10(13)14)2-1-7(6)12/h1-2,10H,3-4H2,(H,15,16). The molecule has 0 amide bonds. The van der Waals surface area contributed by atoms with Crippen LogP contribution in [0.1, 0.15) is 11.1 Å². The maximum absolute atomic E-state index is 13.3. The molecule has 0 atom stereocenters. The number of carbonyl (C=O) groups is 1. The van der Waals surface area contributed by atoms with Crippen molar-refractivity contribution in [2.75, 3.05) is 0 Å². The minimum absolute atomic E-state index is 0.146. The Bertz CT molecular complexity index is 424. The van der Waals surface area contributed by atoms with E-state index in [1.165, 1.54) is 0 Å². The van der Waals surface area contributed by atoms with E-state index in [0.717, 1.165) is 12.1 Å².